The largest absolute Gasteiger partial charge is 0.444 e. The van der Waals surface area contributed by atoms with Crippen LogP contribution in [0, 0.1) is 0 Å². The van der Waals surface area contributed by atoms with Crippen LogP contribution in [0.2, 0.25) is 0 Å². The van der Waals surface area contributed by atoms with Gasteiger partial charge in [-0.15, -0.1) is 13.2 Å². The van der Waals surface area contributed by atoms with Gasteiger partial charge < -0.3 is 14.8 Å². The minimum absolute atomic E-state index is 0.00590. The van der Waals surface area contributed by atoms with E-state index >= 15 is 0 Å². The van der Waals surface area contributed by atoms with Crippen LogP contribution in [-0.4, -0.2) is 40.4 Å². The Labute approximate surface area is 289 Å². The molecule has 50 heavy (non-hydrogen) atoms. The van der Waals surface area contributed by atoms with Crippen molar-refractivity contribution >= 4 is 30.0 Å². The molecule has 4 aromatic rings. The van der Waals surface area contributed by atoms with E-state index in [0.29, 0.717) is 18.7 Å². The summed E-state index contributed by atoms with van der Waals surface area (Å²) in [6.07, 6.45) is 5.51. The lowest BCUT2D eigenvalue weighted by atomic mass is 10.00. The molecule has 0 fully saturated rings. The van der Waals surface area contributed by atoms with Gasteiger partial charge in [0.2, 0.25) is 5.91 Å². The molecule has 12 heteroatoms. The van der Waals surface area contributed by atoms with E-state index in [0.717, 1.165) is 22.3 Å². The molecule has 12 nitrogen and oxygen atoms in total. The molecule has 0 bridgehead atoms. The topological polar surface area (TPSA) is 144 Å². The Kier molecular flexibility index (Phi) is 12.0. The Bertz CT molecular complexity index is 1890. The number of rotatable bonds is 14. The fourth-order valence-electron chi connectivity index (χ4n) is 5.51. The predicted molar refractivity (Wildman–Crippen MR) is 190 cm³/mol. The second-order valence-corrected chi connectivity index (χ2v) is 11.5. The van der Waals surface area contributed by atoms with Crippen molar-refractivity contribution in [2.24, 2.45) is 5.10 Å². The number of aromatic nitrogens is 2. The lowest BCUT2D eigenvalue weighted by molar-refractivity contribution is -0.124. The molecule has 1 aromatic heterocycles. The number of hydrazone groups is 1. The number of anilines is 1. The van der Waals surface area contributed by atoms with Crippen LogP contribution in [0.25, 0.3) is 0 Å². The zero-order chi connectivity index (χ0) is 35.3. The maximum absolute atomic E-state index is 13.9. The summed E-state index contributed by atoms with van der Waals surface area (Å²) in [5, 5.41) is 6.86. The van der Waals surface area contributed by atoms with Gasteiger partial charge in [0.25, 0.3) is 5.56 Å². The molecule has 0 saturated heterocycles. The lowest BCUT2D eigenvalue weighted by Gasteiger charge is -2.22. The van der Waals surface area contributed by atoms with Crippen LogP contribution in [0.5, 0.6) is 0 Å². The molecule has 0 saturated carbocycles. The van der Waals surface area contributed by atoms with Gasteiger partial charge in [0.15, 0.2) is 0 Å². The normalized spacial score (nSPS) is 14.7. The number of carbonyl (C=O) groups is 3. The van der Waals surface area contributed by atoms with Gasteiger partial charge in [-0.3, -0.25) is 19.1 Å². The van der Waals surface area contributed by atoms with Gasteiger partial charge in [-0.1, -0.05) is 97.1 Å². The van der Waals surface area contributed by atoms with E-state index in [-0.39, 0.29) is 43.8 Å². The molecule has 1 aliphatic rings. The zero-order valence-electron chi connectivity index (χ0n) is 27.4. The molecule has 256 valence electrons. The lowest BCUT2D eigenvalue weighted by Crippen LogP contribution is -2.40. The molecule has 0 radical (unpaired) electrons. The fraction of sp³-hybridized carbons (Fsp3) is 0.211. The van der Waals surface area contributed by atoms with Gasteiger partial charge in [0.1, 0.15) is 30.8 Å². The van der Waals surface area contributed by atoms with Crippen molar-refractivity contribution < 1.29 is 23.9 Å². The number of nitrogens with zero attached hydrogens (tertiary/aromatic N) is 4. The summed E-state index contributed by atoms with van der Waals surface area (Å²) in [6.45, 7) is 7.91. The van der Waals surface area contributed by atoms with Crippen molar-refractivity contribution in [3.63, 3.8) is 0 Å². The molecule has 0 aliphatic carbocycles. The number of hydrogen-bond donors (Lipinski definition) is 2. The van der Waals surface area contributed by atoms with E-state index in [2.05, 4.69) is 34.0 Å². The summed E-state index contributed by atoms with van der Waals surface area (Å²) in [7, 11) is 0. The monoisotopic (exact) mass is 674 g/mol. The highest BCUT2D eigenvalue weighted by Crippen LogP contribution is 2.36. The summed E-state index contributed by atoms with van der Waals surface area (Å²) in [4.78, 5) is 58.3. The summed E-state index contributed by atoms with van der Waals surface area (Å²) < 4.78 is 12.0. The average molecular weight is 675 g/mol. The molecule has 1 aliphatic heterocycles. The van der Waals surface area contributed by atoms with Crippen LogP contribution < -0.4 is 21.2 Å². The smallest absolute Gasteiger partial charge is 0.428 e. The van der Waals surface area contributed by atoms with Crippen molar-refractivity contribution in [3.05, 3.63) is 155 Å². The SMILES string of the molecule is C=CC[C@@H]1C[C@@H](C(=O)NCc2ccc(C=NNC(=O)OCc3ccccc3)cc2)n2c1ncc(N(CC=C)C(=O)OCc1ccccc1)c2=O. The Morgan fingerprint density at radius 3 is 2.20 bits per heavy atom. The third kappa shape index (κ3) is 8.98. The molecule has 2 N–H and O–H groups in total. The molecular weight excluding hydrogens is 636 g/mol. The maximum atomic E-state index is 13.9. The average Bonchev–Trinajstić information content (AvgIpc) is 3.52. The number of nitrogens with one attached hydrogen (secondary N) is 2. The number of hydrogen-bond acceptors (Lipinski definition) is 8. The van der Waals surface area contributed by atoms with Crippen LogP contribution in [0.15, 0.2) is 126 Å². The second-order valence-electron chi connectivity index (χ2n) is 11.5. The third-order valence-electron chi connectivity index (χ3n) is 8.00. The fourth-order valence-corrected chi connectivity index (χ4v) is 5.51. The second kappa shape index (κ2) is 17.2. The van der Waals surface area contributed by atoms with Gasteiger partial charge in [0.05, 0.1) is 12.4 Å². The van der Waals surface area contributed by atoms with Crippen molar-refractivity contribution in [2.45, 2.75) is 44.6 Å². The van der Waals surface area contributed by atoms with Crippen LogP contribution in [0.3, 0.4) is 0 Å². The number of ether oxygens (including phenoxy) is 2. The van der Waals surface area contributed by atoms with Crippen molar-refractivity contribution in [1.82, 2.24) is 20.3 Å². The number of carbonyl (C=O) groups excluding carboxylic acids is 3. The molecule has 3 aromatic carbocycles. The first-order valence-corrected chi connectivity index (χ1v) is 16.1. The first kappa shape index (κ1) is 35.0. The van der Waals surface area contributed by atoms with Crippen molar-refractivity contribution in [2.75, 3.05) is 11.4 Å². The van der Waals surface area contributed by atoms with E-state index in [9.17, 15) is 19.2 Å². The number of benzene rings is 3. The summed E-state index contributed by atoms with van der Waals surface area (Å²) in [5.41, 5.74) is 4.98. The summed E-state index contributed by atoms with van der Waals surface area (Å²) in [5.74, 6) is -0.105. The summed E-state index contributed by atoms with van der Waals surface area (Å²) in [6, 6.07) is 24.9. The quantitative estimate of drug-likeness (QED) is 0.0984. The highest BCUT2D eigenvalue weighted by atomic mass is 16.6. The number of allylic oxidation sites excluding steroid dienone is 1. The molecular formula is C38H38N6O6. The molecule has 2 heterocycles. The van der Waals surface area contributed by atoms with E-state index in [1.807, 2.05) is 72.8 Å². The highest BCUT2D eigenvalue weighted by Gasteiger charge is 2.38. The first-order chi connectivity index (χ1) is 24.4. The third-order valence-corrected chi connectivity index (χ3v) is 8.00. The van der Waals surface area contributed by atoms with Gasteiger partial charge in [-0.2, -0.15) is 5.10 Å². The minimum atomic E-state index is -0.847. The Morgan fingerprint density at radius 2 is 1.56 bits per heavy atom. The van der Waals surface area contributed by atoms with Gasteiger partial charge in [-0.25, -0.2) is 20.0 Å². The van der Waals surface area contributed by atoms with Gasteiger partial charge in [0, 0.05) is 19.0 Å². The van der Waals surface area contributed by atoms with Gasteiger partial charge >= 0.3 is 12.2 Å². The van der Waals surface area contributed by atoms with Crippen molar-refractivity contribution in [1.29, 1.82) is 0 Å². The van der Waals surface area contributed by atoms with Gasteiger partial charge in [-0.05, 0) is 35.1 Å². The summed E-state index contributed by atoms with van der Waals surface area (Å²) >= 11 is 0. The molecule has 2 atom stereocenters. The van der Waals surface area contributed by atoms with Crippen LogP contribution in [-0.2, 0) is 34.0 Å². The highest BCUT2D eigenvalue weighted by molar-refractivity contribution is 5.88. The van der Waals surface area contributed by atoms with E-state index in [1.54, 1.807) is 18.2 Å². The van der Waals surface area contributed by atoms with Crippen LogP contribution in [0.1, 0.15) is 52.9 Å². The van der Waals surface area contributed by atoms with E-state index in [4.69, 9.17) is 9.47 Å². The Balaban J connectivity index is 1.22. The molecule has 3 amide bonds. The molecule has 0 spiro atoms. The van der Waals surface area contributed by atoms with Crippen LogP contribution >= 0.6 is 0 Å². The Hall–Kier alpha value is -6.30. The molecule has 0 unspecified atom stereocenters. The van der Waals surface area contributed by atoms with E-state index in [1.165, 1.54) is 28.0 Å². The Morgan fingerprint density at radius 1 is 0.900 bits per heavy atom. The standard InChI is InChI=1S/C38H38N6O6/c1-3-11-31-21-32(44-34(31)39-24-33(36(44)46)43(20-4-2)38(48)50-26-30-14-9-6-10-15-30)35(45)40-22-27-16-18-28(19-17-27)23-41-42-37(47)49-25-29-12-7-5-8-13-29/h3-10,12-19,23-24,31-32H,1-2,11,20-22,25-26H2,(H,40,45)(H,42,47)/t31-,32+/m1/s1. The van der Waals surface area contributed by atoms with E-state index < -0.39 is 23.8 Å². The first-order valence-electron chi connectivity index (χ1n) is 16.1. The number of amides is 3. The predicted octanol–water partition coefficient (Wildman–Crippen LogP) is 5.75. The number of fused-ring (bicyclic) bond motifs is 1. The molecule has 5 rings (SSSR count). The minimum Gasteiger partial charge on any atom is -0.444 e. The maximum Gasteiger partial charge on any atom is 0.428 e. The van der Waals surface area contributed by atoms with Crippen molar-refractivity contribution in [3.8, 4) is 0 Å². The zero-order valence-corrected chi connectivity index (χ0v) is 27.4. The van der Waals surface area contributed by atoms with Crippen LogP contribution in [0.4, 0.5) is 15.3 Å².